The zero-order chi connectivity index (χ0) is 21.6. The van der Waals surface area contributed by atoms with Crippen LogP contribution in [-0.2, 0) is 4.79 Å². The Bertz CT molecular complexity index is 1250. The van der Waals surface area contributed by atoms with Gasteiger partial charge < -0.3 is 10.1 Å². The molecule has 0 aliphatic carbocycles. The molecule has 1 N–H and O–H groups in total. The molecular weight excluding hydrogens is 436 g/mol. The summed E-state index contributed by atoms with van der Waals surface area (Å²) in [4.78, 5) is 31.7. The van der Waals surface area contributed by atoms with Crippen LogP contribution in [0.3, 0.4) is 0 Å². The number of aromatic nitrogens is 2. The molecule has 1 aromatic carbocycles. The zero-order valence-corrected chi connectivity index (χ0v) is 17.4. The first-order valence-electron chi connectivity index (χ1n) is 8.95. The number of hydrogen-bond acceptors (Lipinski definition) is 9. The summed E-state index contributed by atoms with van der Waals surface area (Å²) in [6.45, 7) is 0. The fraction of sp³-hybridized carbons (Fsp3) is 0. The molecule has 0 saturated carbocycles. The molecule has 0 atom stereocenters. The third kappa shape index (κ3) is 5.38. The maximum absolute atomic E-state index is 12.1. The summed E-state index contributed by atoms with van der Waals surface area (Å²) < 4.78 is 5.32. The smallest absolute Gasteiger partial charge is 0.336 e. The summed E-state index contributed by atoms with van der Waals surface area (Å²) in [7, 11) is 0. The average molecular weight is 451 g/mol. The molecular formula is C21H14N4O4S2. The van der Waals surface area contributed by atoms with E-state index in [0.717, 1.165) is 22.7 Å². The normalized spacial score (nSPS) is 10.8. The number of esters is 1. The number of rotatable bonds is 7. The van der Waals surface area contributed by atoms with Gasteiger partial charge in [0, 0.05) is 40.4 Å². The molecule has 0 spiro atoms. The third-order valence-electron chi connectivity index (χ3n) is 3.91. The van der Waals surface area contributed by atoms with Crippen LogP contribution >= 0.6 is 22.7 Å². The minimum absolute atomic E-state index is 0.0141. The topological polar surface area (TPSA) is 107 Å². The number of hydrogen-bond donors (Lipinski definition) is 1. The molecule has 0 aliphatic heterocycles. The van der Waals surface area contributed by atoms with Crippen LogP contribution in [0, 0.1) is 10.1 Å². The number of pyridine rings is 1. The predicted octanol–water partition coefficient (Wildman–Crippen LogP) is 5.54. The third-order valence-corrected chi connectivity index (χ3v) is 5.67. The SMILES string of the molecule is O=C(/C=C/c1ccc([N+](=O)[O-])s1)Oc1cccc(Nc2nc(-c3ccccn3)cs2)c1. The summed E-state index contributed by atoms with van der Waals surface area (Å²) in [5, 5.41) is 16.5. The Morgan fingerprint density at radius 3 is 2.81 bits per heavy atom. The monoisotopic (exact) mass is 450 g/mol. The van der Waals surface area contributed by atoms with Gasteiger partial charge in [-0.2, -0.15) is 0 Å². The Hall–Kier alpha value is -3.89. The second-order valence-corrected chi connectivity index (χ2v) is 8.05. The van der Waals surface area contributed by atoms with Crippen molar-refractivity contribution in [1.82, 2.24) is 9.97 Å². The van der Waals surface area contributed by atoms with E-state index in [9.17, 15) is 14.9 Å². The molecule has 0 amide bonds. The van der Waals surface area contributed by atoms with Crippen molar-refractivity contribution < 1.29 is 14.5 Å². The summed E-state index contributed by atoms with van der Waals surface area (Å²) in [5.74, 6) is -0.224. The number of carbonyl (C=O) groups excluding carboxylic acids is 1. The highest BCUT2D eigenvalue weighted by Gasteiger charge is 2.09. The van der Waals surface area contributed by atoms with Crippen LogP contribution in [0.2, 0.25) is 0 Å². The lowest BCUT2D eigenvalue weighted by molar-refractivity contribution is -0.380. The van der Waals surface area contributed by atoms with Crippen molar-refractivity contribution in [2.45, 2.75) is 0 Å². The van der Waals surface area contributed by atoms with Gasteiger partial charge in [0.05, 0.1) is 10.6 Å². The van der Waals surface area contributed by atoms with Crippen LogP contribution in [0.15, 0.2) is 72.3 Å². The number of thiophene rings is 1. The van der Waals surface area contributed by atoms with Gasteiger partial charge in [-0.3, -0.25) is 15.1 Å². The summed E-state index contributed by atoms with van der Waals surface area (Å²) in [6, 6.07) is 15.5. The standard InChI is InChI=1S/C21H14N4O4S2/c26-20(10-8-16-7-9-19(31-16)25(27)28)29-15-5-3-4-14(12-15)23-21-24-18(13-30-21)17-6-1-2-11-22-17/h1-13H,(H,23,24)/b10-8+. The fourth-order valence-electron chi connectivity index (χ4n) is 2.55. The first kappa shape index (κ1) is 20.4. The Labute approximate surface area is 184 Å². The van der Waals surface area contributed by atoms with Crippen LogP contribution in [0.5, 0.6) is 5.75 Å². The van der Waals surface area contributed by atoms with Crippen LogP contribution < -0.4 is 10.1 Å². The Morgan fingerprint density at radius 1 is 1.13 bits per heavy atom. The maximum atomic E-state index is 12.1. The van der Waals surface area contributed by atoms with Crippen molar-refractivity contribution in [3.05, 3.63) is 87.2 Å². The quantitative estimate of drug-likeness (QED) is 0.130. The van der Waals surface area contributed by atoms with Gasteiger partial charge in [0.25, 0.3) is 0 Å². The van der Waals surface area contributed by atoms with Crippen molar-refractivity contribution in [3.63, 3.8) is 0 Å². The van der Waals surface area contributed by atoms with Crippen LogP contribution in [-0.4, -0.2) is 20.9 Å². The van der Waals surface area contributed by atoms with E-state index in [1.54, 1.807) is 30.5 Å². The van der Waals surface area contributed by atoms with Crippen molar-refractivity contribution in [1.29, 1.82) is 0 Å². The average Bonchev–Trinajstić information content (AvgIpc) is 3.43. The molecule has 3 heterocycles. The number of nitro groups is 1. The number of carbonyl (C=O) groups is 1. The van der Waals surface area contributed by atoms with E-state index in [4.69, 9.17) is 4.74 Å². The van der Waals surface area contributed by atoms with Crippen LogP contribution in [0.1, 0.15) is 4.88 Å². The molecule has 0 radical (unpaired) electrons. The Kier molecular flexibility index (Phi) is 6.11. The molecule has 154 valence electrons. The summed E-state index contributed by atoms with van der Waals surface area (Å²) >= 11 is 2.42. The maximum Gasteiger partial charge on any atom is 0.336 e. The molecule has 4 aromatic rings. The van der Waals surface area contributed by atoms with Gasteiger partial charge in [-0.15, -0.1) is 11.3 Å². The van der Waals surface area contributed by atoms with Crippen molar-refractivity contribution in [3.8, 4) is 17.1 Å². The van der Waals surface area contributed by atoms with Crippen LogP contribution in [0.4, 0.5) is 15.8 Å². The highest BCUT2D eigenvalue weighted by atomic mass is 32.1. The first-order valence-corrected chi connectivity index (χ1v) is 10.6. The first-order chi connectivity index (χ1) is 15.1. The largest absolute Gasteiger partial charge is 0.423 e. The van der Waals surface area contributed by atoms with E-state index >= 15 is 0 Å². The molecule has 10 heteroatoms. The van der Waals surface area contributed by atoms with Gasteiger partial charge in [-0.25, -0.2) is 9.78 Å². The molecule has 31 heavy (non-hydrogen) atoms. The number of nitrogens with zero attached hydrogens (tertiary/aromatic N) is 3. The number of thiazole rings is 1. The predicted molar refractivity (Wildman–Crippen MR) is 121 cm³/mol. The Balaban J connectivity index is 1.39. The second-order valence-electron chi connectivity index (χ2n) is 6.09. The van der Waals surface area contributed by atoms with Crippen molar-refractivity contribution in [2.75, 3.05) is 5.32 Å². The van der Waals surface area contributed by atoms with Gasteiger partial charge in [0.1, 0.15) is 11.4 Å². The lowest BCUT2D eigenvalue weighted by atomic mass is 10.3. The molecule has 0 bridgehead atoms. The van der Waals surface area contributed by atoms with Gasteiger partial charge in [0.15, 0.2) is 5.13 Å². The number of anilines is 2. The van der Waals surface area contributed by atoms with Crippen LogP contribution in [0.25, 0.3) is 17.5 Å². The number of benzene rings is 1. The second kappa shape index (κ2) is 9.28. The van der Waals surface area contributed by atoms with Crippen molar-refractivity contribution >= 4 is 50.5 Å². The Morgan fingerprint density at radius 2 is 2.03 bits per heavy atom. The minimum atomic E-state index is -0.583. The van der Waals surface area contributed by atoms with Crippen molar-refractivity contribution in [2.24, 2.45) is 0 Å². The van der Waals surface area contributed by atoms with E-state index in [1.165, 1.54) is 29.6 Å². The van der Waals surface area contributed by atoms with Gasteiger partial charge in [0.2, 0.25) is 0 Å². The van der Waals surface area contributed by atoms with E-state index in [0.29, 0.717) is 21.4 Å². The minimum Gasteiger partial charge on any atom is -0.423 e. The molecule has 0 unspecified atom stereocenters. The highest BCUT2D eigenvalue weighted by molar-refractivity contribution is 7.16. The summed E-state index contributed by atoms with van der Waals surface area (Å²) in [6.07, 6.45) is 4.43. The molecule has 8 nitrogen and oxygen atoms in total. The summed E-state index contributed by atoms with van der Waals surface area (Å²) in [5.41, 5.74) is 2.28. The molecule has 3 aromatic heterocycles. The van der Waals surface area contributed by atoms with Gasteiger partial charge >= 0.3 is 11.0 Å². The van der Waals surface area contributed by atoms with E-state index in [1.807, 2.05) is 29.6 Å². The van der Waals surface area contributed by atoms with Gasteiger partial charge in [-0.05, 0) is 36.4 Å². The molecule has 0 saturated heterocycles. The molecule has 0 aliphatic rings. The molecule has 0 fully saturated rings. The number of nitrogens with one attached hydrogen (secondary N) is 1. The van der Waals surface area contributed by atoms with Gasteiger partial charge in [-0.1, -0.05) is 23.5 Å². The zero-order valence-electron chi connectivity index (χ0n) is 15.8. The number of ether oxygens (including phenoxy) is 1. The lowest BCUT2D eigenvalue weighted by Crippen LogP contribution is -2.03. The van der Waals surface area contributed by atoms with E-state index in [-0.39, 0.29) is 5.00 Å². The lowest BCUT2D eigenvalue weighted by Gasteiger charge is -2.05. The highest BCUT2D eigenvalue weighted by Crippen LogP contribution is 2.28. The van der Waals surface area contributed by atoms with E-state index in [2.05, 4.69) is 15.3 Å². The fourth-order valence-corrected chi connectivity index (χ4v) is 4.00. The molecule has 4 rings (SSSR count). The van der Waals surface area contributed by atoms with E-state index < -0.39 is 10.9 Å².